The second-order valence-corrected chi connectivity index (χ2v) is 8.47. The van der Waals surface area contributed by atoms with Crippen molar-refractivity contribution in [2.75, 3.05) is 7.11 Å². The number of hydrogen-bond donors (Lipinski definition) is 4. The summed E-state index contributed by atoms with van der Waals surface area (Å²) in [5.41, 5.74) is 1.99. The second kappa shape index (κ2) is 13.1. The van der Waals surface area contributed by atoms with Crippen LogP contribution in [0.1, 0.15) is 34.9 Å². The Bertz CT molecular complexity index is 1020. The van der Waals surface area contributed by atoms with Gasteiger partial charge in [0.15, 0.2) is 6.10 Å². The van der Waals surface area contributed by atoms with Gasteiger partial charge in [-0.15, -0.1) is 0 Å². The number of alkyl carbamates (subject to hydrolysis) is 1. The molecule has 0 spiro atoms. The number of methoxy groups -OCH3 is 1. The predicted octanol–water partition coefficient (Wildman–Crippen LogP) is 4.38. The number of aromatic hydroxyl groups is 1. The van der Waals surface area contributed by atoms with Gasteiger partial charge in [0.25, 0.3) is 11.8 Å². The van der Waals surface area contributed by atoms with Crippen molar-refractivity contribution in [1.29, 1.82) is 0 Å². The third kappa shape index (κ3) is 7.97. The van der Waals surface area contributed by atoms with Crippen molar-refractivity contribution in [2.45, 2.75) is 25.0 Å². The highest BCUT2D eigenvalue weighted by Gasteiger charge is 2.31. The summed E-state index contributed by atoms with van der Waals surface area (Å²) < 4.78 is 12.0. The van der Waals surface area contributed by atoms with E-state index in [0.717, 1.165) is 6.08 Å². The molecule has 2 atom stereocenters. The van der Waals surface area contributed by atoms with Gasteiger partial charge in [-0.05, 0) is 53.0 Å². The van der Waals surface area contributed by atoms with Crippen LogP contribution in [0.15, 0.2) is 63.6 Å². The molecular formula is C22H22Br2N2O7. The number of carbonyl (C=O) groups excluding carboxylic acids is 3. The first-order chi connectivity index (χ1) is 15.8. The molecule has 0 saturated heterocycles. The topological polar surface area (TPSA) is 134 Å². The van der Waals surface area contributed by atoms with Gasteiger partial charge in [-0.3, -0.25) is 20.1 Å². The van der Waals surface area contributed by atoms with Crippen LogP contribution in [0, 0.1) is 0 Å². The number of amides is 3. The molecule has 0 aliphatic rings. The Morgan fingerprint density at radius 1 is 1.15 bits per heavy atom. The van der Waals surface area contributed by atoms with E-state index in [2.05, 4.69) is 37.2 Å². The van der Waals surface area contributed by atoms with Crippen LogP contribution < -0.4 is 10.8 Å². The summed E-state index contributed by atoms with van der Waals surface area (Å²) in [6.45, 7) is 0. The summed E-state index contributed by atoms with van der Waals surface area (Å²) in [7, 11) is 1.41. The lowest BCUT2D eigenvalue weighted by Gasteiger charge is -2.27. The zero-order valence-corrected chi connectivity index (χ0v) is 20.6. The Morgan fingerprint density at radius 3 is 2.48 bits per heavy atom. The summed E-state index contributed by atoms with van der Waals surface area (Å²) in [4.78, 5) is 36.0. The minimum absolute atomic E-state index is 0.164. The molecule has 0 aliphatic heterocycles. The number of phenolic OH excluding ortho intramolecular Hbond substituents is 1. The number of nitrogens with one attached hydrogen (secondary N) is 2. The minimum atomic E-state index is -1.10. The molecule has 176 valence electrons. The lowest BCUT2D eigenvalue weighted by Crippen LogP contribution is -2.35. The highest BCUT2D eigenvalue weighted by molar-refractivity contribution is 9.11. The summed E-state index contributed by atoms with van der Waals surface area (Å²) in [6, 6.07) is 11.3. The Kier molecular flexibility index (Phi) is 10.5. The van der Waals surface area contributed by atoms with Crippen LogP contribution in [0.2, 0.25) is 0 Å². The van der Waals surface area contributed by atoms with Crippen LogP contribution in [0.4, 0.5) is 4.79 Å². The zero-order valence-electron chi connectivity index (χ0n) is 17.5. The van der Waals surface area contributed by atoms with E-state index in [1.165, 1.54) is 18.7 Å². The van der Waals surface area contributed by atoms with Gasteiger partial charge in [0.05, 0.1) is 10.6 Å². The molecule has 0 aromatic heterocycles. The number of imide groups is 1. The molecule has 3 amide bonds. The van der Waals surface area contributed by atoms with Gasteiger partial charge >= 0.3 is 6.09 Å². The Labute approximate surface area is 207 Å². The Hall–Kier alpha value is -2.73. The summed E-state index contributed by atoms with van der Waals surface area (Å²) in [5.74, 6) is -1.50. The molecule has 0 aliphatic carbocycles. The van der Waals surface area contributed by atoms with E-state index in [1.807, 2.05) is 0 Å². The smallest absolute Gasteiger partial charge is 0.414 e. The van der Waals surface area contributed by atoms with Crippen molar-refractivity contribution in [3.05, 3.63) is 74.7 Å². The van der Waals surface area contributed by atoms with Gasteiger partial charge in [-0.25, -0.2) is 10.3 Å². The first-order valence-electron chi connectivity index (χ1n) is 9.65. The van der Waals surface area contributed by atoms with Crippen molar-refractivity contribution in [2.24, 2.45) is 0 Å². The second-order valence-electron chi connectivity index (χ2n) is 6.70. The predicted molar refractivity (Wildman–Crippen MR) is 126 cm³/mol. The quantitative estimate of drug-likeness (QED) is 0.195. The standard InChI is InChI=1S/C22H22Br2N2O7/c1-32-17(9-5-6-10-18(27)26-31)20(15-11-14(23)12-16(24)19(15)28)33-22(30)25-21(29)13-7-3-2-4-8-13/h2-4,6-8,10-12,17,20,28,31H,5,9H2,1H3,(H,26,27)(H,25,29,30)/b10-6+/t17-,20-/m1/s1. The molecule has 0 unspecified atom stereocenters. The van der Waals surface area contributed by atoms with Crippen molar-refractivity contribution in [1.82, 2.24) is 10.8 Å². The average Bonchev–Trinajstić information content (AvgIpc) is 2.80. The maximum Gasteiger partial charge on any atom is 0.414 e. The monoisotopic (exact) mass is 584 g/mol. The number of halogens is 2. The fourth-order valence-corrected chi connectivity index (χ4v) is 4.18. The molecule has 0 bridgehead atoms. The number of hydroxylamine groups is 1. The zero-order chi connectivity index (χ0) is 24.4. The first kappa shape index (κ1) is 26.5. The van der Waals surface area contributed by atoms with E-state index in [0.29, 0.717) is 15.4 Å². The van der Waals surface area contributed by atoms with E-state index in [-0.39, 0.29) is 23.3 Å². The van der Waals surface area contributed by atoms with Gasteiger partial charge in [0.2, 0.25) is 0 Å². The Morgan fingerprint density at radius 2 is 1.85 bits per heavy atom. The number of carbonyl (C=O) groups is 3. The maximum atomic E-state index is 12.6. The normalized spacial score (nSPS) is 12.7. The summed E-state index contributed by atoms with van der Waals surface area (Å²) >= 11 is 6.59. The summed E-state index contributed by atoms with van der Waals surface area (Å²) in [6.07, 6.45) is 0.364. The number of rotatable bonds is 9. The molecule has 2 aromatic rings. The van der Waals surface area contributed by atoms with Crippen LogP contribution in [0.3, 0.4) is 0 Å². The van der Waals surface area contributed by atoms with E-state index < -0.39 is 30.1 Å². The molecule has 0 radical (unpaired) electrons. The lowest BCUT2D eigenvalue weighted by atomic mass is 9.99. The molecule has 2 rings (SSSR count). The van der Waals surface area contributed by atoms with Gasteiger partial charge in [-0.1, -0.05) is 40.2 Å². The van der Waals surface area contributed by atoms with E-state index in [4.69, 9.17) is 14.7 Å². The van der Waals surface area contributed by atoms with E-state index >= 15 is 0 Å². The van der Waals surface area contributed by atoms with Gasteiger partial charge < -0.3 is 14.6 Å². The third-order valence-corrected chi connectivity index (χ3v) is 5.55. The van der Waals surface area contributed by atoms with Crippen molar-refractivity contribution < 1.29 is 34.2 Å². The van der Waals surface area contributed by atoms with Crippen molar-refractivity contribution in [3.63, 3.8) is 0 Å². The average molecular weight is 586 g/mol. The minimum Gasteiger partial charge on any atom is -0.506 e. The van der Waals surface area contributed by atoms with Crippen molar-refractivity contribution >= 4 is 49.8 Å². The van der Waals surface area contributed by atoms with Crippen LogP contribution >= 0.6 is 31.9 Å². The summed E-state index contributed by atoms with van der Waals surface area (Å²) in [5, 5.41) is 21.3. The molecule has 0 fully saturated rings. The molecule has 2 aromatic carbocycles. The van der Waals surface area contributed by atoms with Gasteiger partial charge in [-0.2, -0.15) is 0 Å². The fraction of sp³-hybridized carbons (Fsp3) is 0.227. The third-order valence-electron chi connectivity index (χ3n) is 4.49. The van der Waals surface area contributed by atoms with Gasteiger partial charge in [0, 0.05) is 28.8 Å². The number of ether oxygens (including phenoxy) is 2. The molecule has 0 heterocycles. The first-order valence-corrected chi connectivity index (χ1v) is 11.2. The van der Waals surface area contributed by atoms with Crippen LogP contribution in [-0.4, -0.2) is 41.4 Å². The molecule has 0 saturated carbocycles. The molecule has 33 heavy (non-hydrogen) atoms. The SMILES string of the molecule is CO[C@H](CC/C=C/C(=O)NO)[C@H](OC(=O)NC(=O)c1ccccc1)c1cc(Br)cc(Br)c1O. The lowest BCUT2D eigenvalue weighted by molar-refractivity contribution is -0.124. The van der Waals surface area contributed by atoms with E-state index in [9.17, 15) is 19.5 Å². The Balaban J connectivity index is 2.26. The van der Waals surface area contributed by atoms with Crippen molar-refractivity contribution in [3.8, 4) is 5.75 Å². The molecule has 9 nitrogen and oxygen atoms in total. The number of benzene rings is 2. The maximum absolute atomic E-state index is 12.6. The van der Waals surface area contributed by atoms with Crippen LogP contribution in [0.25, 0.3) is 0 Å². The van der Waals surface area contributed by atoms with Gasteiger partial charge in [0.1, 0.15) is 5.75 Å². The largest absolute Gasteiger partial charge is 0.506 e. The molecular weight excluding hydrogens is 564 g/mol. The fourth-order valence-electron chi connectivity index (χ4n) is 2.92. The van der Waals surface area contributed by atoms with Crippen LogP contribution in [0.5, 0.6) is 5.75 Å². The van der Waals surface area contributed by atoms with Crippen LogP contribution in [-0.2, 0) is 14.3 Å². The highest BCUT2D eigenvalue weighted by atomic mass is 79.9. The number of phenols is 1. The number of hydrogen-bond acceptors (Lipinski definition) is 7. The van der Waals surface area contributed by atoms with E-state index in [1.54, 1.807) is 42.5 Å². The molecule has 4 N–H and O–H groups in total. The molecule has 11 heteroatoms. The highest BCUT2D eigenvalue weighted by Crippen LogP contribution is 2.39. The number of allylic oxidation sites excluding steroid dienone is 1.